The summed E-state index contributed by atoms with van der Waals surface area (Å²) in [5, 5.41) is 1.08. The Morgan fingerprint density at radius 2 is 2.09 bits per heavy atom. The van der Waals surface area contributed by atoms with Crippen LogP contribution in [-0.2, 0) is 29.4 Å². The van der Waals surface area contributed by atoms with Crippen LogP contribution in [-0.4, -0.2) is 42.7 Å². The first-order valence-corrected chi connectivity index (χ1v) is 10.7. The summed E-state index contributed by atoms with van der Waals surface area (Å²) >= 11 is 1.85. The highest BCUT2D eigenvalue weighted by atomic mass is 32.2. The molecule has 22 heavy (non-hydrogen) atoms. The lowest BCUT2D eigenvalue weighted by Crippen LogP contribution is -2.48. The summed E-state index contributed by atoms with van der Waals surface area (Å²) in [4.78, 5) is 8.59. The van der Waals surface area contributed by atoms with Crippen LogP contribution in [0.15, 0.2) is 0 Å². The summed E-state index contributed by atoms with van der Waals surface area (Å²) in [5.41, 5.74) is 1.31. The minimum absolute atomic E-state index is 0.0751. The van der Waals surface area contributed by atoms with E-state index in [0.29, 0.717) is 0 Å². The van der Waals surface area contributed by atoms with Gasteiger partial charge in [-0.25, -0.2) is 18.1 Å². The van der Waals surface area contributed by atoms with Crippen LogP contribution in [0.5, 0.6) is 0 Å². The molecule has 1 aromatic rings. The van der Waals surface area contributed by atoms with Gasteiger partial charge in [-0.2, -0.15) is 0 Å². The smallest absolute Gasteiger partial charge is 0.214 e. The SMILES string of the molecule is O=S(=O)(NC1CCCN(Cc2nc3c(s2)CCC3)C1)C1CC1. The number of likely N-dealkylation sites (tertiary alicyclic amines) is 1. The topological polar surface area (TPSA) is 62.3 Å². The predicted octanol–water partition coefficient (Wildman–Crippen LogP) is 1.68. The van der Waals surface area contributed by atoms with Gasteiger partial charge in [-0.05, 0) is 51.5 Å². The monoisotopic (exact) mass is 341 g/mol. The molecule has 0 spiro atoms. The number of aromatic nitrogens is 1. The molecular weight excluding hydrogens is 318 g/mol. The zero-order valence-corrected chi connectivity index (χ0v) is 14.4. The van der Waals surface area contributed by atoms with E-state index in [-0.39, 0.29) is 11.3 Å². The molecule has 0 radical (unpaired) electrons. The maximum absolute atomic E-state index is 12.1. The molecule has 122 valence electrons. The van der Waals surface area contributed by atoms with E-state index in [2.05, 4.69) is 9.62 Å². The molecule has 0 aromatic carbocycles. The Morgan fingerprint density at radius 3 is 2.86 bits per heavy atom. The van der Waals surface area contributed by atoms with Crippen molar-refractivity contribution in [1.82, 2.24) is 14.6 Å². The summed E-state index contributed by atoms with van der Waals surface area (Å²) in [7, 11) is -3.07. The average Bonchev–Trinajstić information content (AvgIpc) is 3.13. The summed E-state index contributed by atoms with van der Waals surface area (Å²) in [6.07, 6.45) is 7.25. The van der Waals surface area contributed by atoms with Gasteiger partial charge in [-0.3, -0.25) is 4.90 Å². The summed E-state index contributed by atoms with van der Waals surface area (Å²) in [5.74, 6) is 0. The second-order valence-corrected chi connectivity index (χ2v) is 9.93. The van der Waals surface area contributed by atoms with E-state index < -0.39 is 10.0 Å². The lowest BCUT2D eigenvalue weighted by Gasteiger charge is -2.32. The molecule has 2 aliphatic carbocycles. The lowest BCUT2D eigenvalue weighted by atomic mass is 10.1. The van der Waals surface area contributed by atoms with Gasteiger partial charge >= 0.3 is 0 Å². The fraction of sp³-hybridized carbons (Fsp3) is 0.800. The van der Waals surface area contributed by atoms with E-state index >= 15 is 0 Å². The second-order valence-electron chi connectivity index (χ2n) is 6.77. The number of fused-ring (bicyclic) bond motifs is 1. The predicted molar refractivity (Wildman–Crippen MR) is 87.5 cm³/mol. The number of aryl methyl sites for hydroxylation is 2. The van der Waals surface area contributed by atoms with Gasteiger partial charge in [0.05, 0.1) is 17.5 Å². The molecule has 7 heteroatoms. The van der Waals surface area contributed by atoms with Crippen molar-refractivity contribution in [2.45, 2.75) is 62.8 Å². The number of rotatable bonds is 5. The fourth-order valence-corrected chi connectivity index (χ4v) is 6.31. The number of piperidine rings is 1. The van der Waals surface area contributed by atoms with Gasteiger partial charge in [-0.1, -0.05) is 0 Å². The molecule has 1 atom stereocenters. The van der Waals surface area contributed by atoms with Crippen molar-refractivity contribution < 1.29 is 8.42 Å². The lowest BCUT2D eigenvalue weighted by molar-refractivity contribution is 0.194. The Hall–Kier alpha value is -0.500. The first-order valence-electron chi connectivity index (χ1n) is 8.31. The van der Waals surface area contributed by atoms with Crippen molar-refractivity contribution in [2.24, 2.45) is 0 Å². The third-order valence-electron chi connectivity index (χ3n) is 4.80. The van der Waals surface area contributed by atoms with Gasteiger partial charge in [0.15, 0.2) is 0 Å². The quantitative estimate of drug-likeness (QED) is 0.885. The molecule has 0 amide bonds. The molecule has 1 saturated carbocycles. The maximum atomic E-state index is 12.1. The molecule has 1 N–H and O–H groups in total. The third-order valence-corrected chi connectivity index (χ3v) is 7.95. The molecule has 2 heterocycles. The van der Waals surface area contributed by atoms with Crippen molar-refractivity contribution in [3.05, 3.63) is 15.6 Å². The fourth-order valence-electron chi connectivity index (χ4n) is 3.50. The van der Waals surface area contributed by atoms with Crippen molar-refractivity contribution >= 4 is 21.4 Å². The summed E-state index contributed by atoms with van der Waals surface area (Å²) in [6.45, 7) is 2.74. The highest BCUT2D eigenvalue weighted by Gasteiger charge is 2.37. The van der Waals surface area contributed by atoms with Crippen LogP contribution < -0.4 is 4.72 Å². The van der Waals surface area contributed by atoms with E-state index in [0.717, 1.165) is 51.7 Å². The molecule has 3 aliphatic rings. The van der Waals surface area contributed by atoms with E-state index in [9.17, 15) is 8.42 Å². The van der Waals surface area contributed by atoms with Gasteiger partial charge in [0.1, 0.15) is 5.01 Å². The van der Waals surface area contributed by atoms with Crippen LogP contribution in [0.3, 0.4) is 0 Å². The Bertz CT molecular complexity index is 630. The largest absolute Gasteiger partial charge is 0.295 e. The van der Waals surface area contributed by atoms with E-state index in [4.69, 9.17) is 4.98 Å². The summed E-state index contributed by atoms with van der Waals surface area (Å²) in [6, 6.07) is 0.0751. The van der Waals surface area contributed by atoms with Crippen molar-refractivity contribution in [3.63, 3.8) is 0 Å². The first-order chi connectivity index (χ1) is 10.6. The number of sulfonamides is 1. The average molecular weight is 342 g/mol. The normalized spacial score (nSPS) is 26.3. The molecule has 1 saturated heterocycles. The molecule has 1 aliphatic heterocycles. The van der Waals surface area contributed by atoms with Gasteiger partial charge in [0.2, 0.25) is 10.0 Å². The number of hydrogen-bond acceptors (Lipinski definition) is 5. The van der Waals surface area contributed by atoms with Crippen LogP contribution >= 0.6 is 11.3 Å². The van der Waals surface area contributed by atoms with Crippen LogP contribution in [0, 0.1) is 0 Å². The van der Waals surface area contributed by atoms with Crippen molar-refractivity contribution in [2.75, 3.05) is 13.1 Å². The van der Waals surface area contributed by atoms with E-state index in [1.54, 1.807) is 0 Å². The second kappa shape index (κ2) is 5.85. The molecule has 5 nitrogen and oxygen atoms in total. The van der Waals surface area contributed by atoms with Gasteiger partial charge < -0.3 is 0 Å². The Morgan fingerprint density at radius 1 is 1.23 bits per heavy atom. The van der Waals surface area contributed by atoms with Crippen LogP contribution in [0.4, 0.5) is 0 Å². The minimum atomic E-state index is -3.07. The minimum Gasteiger partial charge on any atom is -0.295 e. The zero-order valence-electron chi connectivity index (χ0n) is 12.8. The number of thiazole rings is 1. The van der Waals surface area contributed by atoms with Crippen LogP contribution in [0.1, 0.15) is 47.7 Å². The van der Waals surface area contributed by atoms with Gasteiger partial charge in [0.25, 0.3) is 0 Å². The van der Waals surface area contributed by atoms with Gasteiger partial charge in [0, 0.05) is 17.5 Å². The van der Waals surface area contributed by atoms with Crippen molar-refractivity contribution in [1.29, 1.82) is 0 Å². The van der Waals surface area contributed by atoms with Crippen molar-refractivity contribution in [3.8, 4) is 0 Å². The van der Waals surface area contributed by atoms with Gasteiger partial charge in [-0.15, -0.1) is 11.3 Å². The number of hydrogen-bond donors (Lipinski definition) is 1. The first kappa shape index (κ1) is 15.1. The van der Waals surface area contributed by atoms with Crippen LogP contribution in [0.25, 0.3) is 0 Å². The highest BCUT2D eigenvalue weighted by molar-refractivity contribution is 7.90. The molecular formula is C15H23N3O2S2. The Labute approximate surface area is 136 Å². The Kier molecular flexibility index (Phi) is 4.00. The van der Waals surface area contributed by atoms with E-state index in [1.165, 1.54) is 28.4 Å². The number of nitrogens with one attached hydrogen (secondary N) is 1. The standard InChI is InChI=1S/C15H23N3O2S2/c19-22(20,12-6-7-12)17-11-3-2-8-18(9-11)10-15-16-13-4-1-5-14(13)21-15/h11-12,17H,1-10H2. The molecule has 0 bridgehead atoms. The molecule has 1 aromatic heterocycles. The summed E-state index contributed by atoms with van der Waals surface area (Å²) < 4.78 is 27.1. The zero-order chi connectivity index (χ0) is 15.2. The van der Waals surface area contributed by atoms with E-state index in [1.807, 2.05) is 11.3 Å². The highest BCUT2D eigenvalue weighted by Crippen LogP contribution is 2.30. The third kappa shape index (κ3) is 3.22. The molecule has 4 rings (SSSR count). The molecule has 2 fully saturated rings. The molecule has 1 unspecified atom stereocenters. The van der Waals surface area contributed by atoms with Crippen LogP contribution in [0.2, 0.25) is 0 Å². The Balaban J connectivity index is 1.36. The number of nitrogens with zero attached hydrogens (tertiary/aromatic N) is 2. The maximum Gasteiger partial charge on any atom is 0.214 e.